The van der Waals surface area contributed by atoms with Gasteiger partial charge in [0.2, 0.25) is 0 Å². The summed E-state index contributed by atoms with van der Waals surface area (Å²) in [5.41, 5.74) is 1.10. The lowest BCUT2D eigenvalue weighted by Gasteiger charge is -2.36. The van der Waals surface area contributed by atoms with Crippen molar-refractivity contribution in [1.82, 2.24) is 9.80 Å². The summed E-state index contributed by atoms with van der Waals surface area (Å²) in [6.07, 6.45) is 2.61. The normalized spacial score (nSPS) is 21.2. The first-order valence-corrected chi connectivity index (χ1v) is 7.40. The predicted molar refractivity (Wildman–Crippen MR) is 74.6 cm³/mol. The van der Waals surface area contributed by atoms with Gasteiger partial charge in [0.05, 0.1) is 10.6 Å². The third-order valence-corrected chi connectivity index (χ3v) is 4.52. The minimum Gasteiger partial charge on any atom is -0.393 e. The van der Waals surface area contributed by atoms with Gasteiger partial charge in [-0.2, -0.15) is 5.26 Å². The average molecular weight is 328 g/mol. The van der Waals surface area contributed by atoms with Crippen LogP contribution in [-0.2, 0) is 0 Å². The summed E-state index contributed by atoms with van der Waals surface area (Å²) in [4.78, 5) is 15.9. The lowest BCUT2D eigenvalue weighted by molar-refractivity contribution is 0.0803. The molecule has 2 fully saturated rings. The van der Waals surface area contributed by atoms with Crippen LogP contribution in [0.15, 0.2) is 10.1 Å². The van der Waals surface area contributed by atoms with E-state index in [-0.39, 0.29) is 12.1 Å². The number of allylic oxidation sites excluding steroid dienone is 1. The Labute approximate surface area is 121 Å². The molecule has 0 atom stereocenters. The van der Waals surface area contributed by atoms with Crippen LogP contribution in [0.3, 0.4) is 0 Å². The van der Waals surface area contributed by atoms with E-state index in [1.54, 1.807) is 0 Å². The molecular weight excluding hydrogens is 310 g/mol. The molecule has 0 radical (unpaired) electrons. The van der Waals surface area contributed by atoms with Gasteiger partial charge in [-0.3, -0.25) is 0 Å². The van der Waals surface area contributed by atoms with Crippen molar-refractivity contribution in [2.75, 3.05) is 26.2 Å². The van der Waals surface area contributed by atoms with Crippen molar-refractivity contribution in [3.05, 3.63) is 10.1 Å². The van der Waals surface area contributed by atoms with Crippen LogP contribution in [-0.4, -0.2) is 53.2 Å². The van der Waals surface area contributed by atoms with E-state index in [4.69, 9.17) is 5.26 Å². The van der Waals surface area contributed by atoms with Crippen LogP contribution < -0.4 is 0 Å². The van der Waals surface area contributed by atoms with E-state index in [9.17, 15) is 9.90 Å². The zero-order chi connectivity index (χ0) is 13.8. The number of rotatable bonds is 0. The van der Waals surface area contributed by atoms with Crippen molar-refractivity contribution in [3.63, 3.8) is 0 Å². The molecule has 2 heterocycles. The van der Waals surface area contributed by atoms with Crippen LogP contribution in [0.2, 0.25) is 0 Å². The summed E-state index contributed by atoms with van der Waals surface area (Å²) >= 11 is 3.26. The third kappa shape index (κ3) is 3.48. The Morgan fingerprint density at radius 2 is 1.74 bits per heavy atom. The number of nitriles is 1. The highest BCUT2D eigenvalue weighted by Crippen LogP contribution is 2.24. The molecule has 0 aromatic carbocycles. The van der Waals surface area contributed by atoms with Gasteiger partial charge in [-0.05, 0) is 47.2 Å². The summed E-state index contributed by atoms with van der Waals surface area (Å²) in [6, 6.07) is 2.17. The first kappa shape index (κ1) is 14.4. The zero-order valence-electron chi connectivity index (χ0n) is 10.8. The largest absolute Gasteiger partial charge is 0.393 e. The topological polar surface area (TPSA) is 67.6 Å². The number of piperidine rings is 2. The molecule has 0 bridgehead atoms. The Morgan fingerprint density at radius 3 is 2.26 bits per heavy atom. The summed E-state index contributed by atoms with van der Waals surface area (Å²) in [6.45, 7) is 2.62. The van der Waals surface area contributed by atoms with E-state index < -0.39 is 0 Å². The average Bonchev–Trinajstić information content (AvgIpc) is 2.46. The molecule has 104 valence electrons. The number of hydrogen-bond donors (Lipinski definition) is 1. The number of carbonyl (C=O) groups is 1. The highest BCUT2D eigenvalue weighted by atomic mass is 79.9. The number of urea groups is 1. The van der Waals surface area contributed by atoms with Crippen molar-refractivity contribution in [3.8, 4) is 6.07 Å². The molecule has 2 aliphatic rings. The van der Waals surface area contributed by atoms with Crippen molar-refractivity contribution in [2.45, 2.75) is 31.8 Å². The van der Waals surface area contributed by atoms with Gasteiger partial charge < -0.3 is 14.9 Å². The molecule has 2 aliphatic heterocycles. The number of aliphatic hydroxyl groups excluding tert-OH is 1. The molecule has 0 aromatic heterocycles. The Balaban J connectivity index is 1.88. The van der Waals surface area contributed by atoms with Gasteiger partial charge in [-0.15, -0.1) is 0 Å². The van der Waals surface area contributed by atoms with Crippen LogP contribution >= 0.6 is 15.9 Å². The van der Waals surface area contributed by atoms with Crippen molar-refractivity contribution in [2.24, 2.45) is 0 Å². The lowest BCUT2D eigenvalue weighted by atomic mass is 10.0. The van der Waals surface area contributed by atoms with Gasteiger partial charge in [-0.25, -0.2) is 4.79 Å². The number of amides is 2. The fourth-order valence-electron chi connectivity index (χ4n) is 2.52. The first-order valence-electron chi connectivity index (χ1n) is 6.61. The van der Waals surface area contributed by atoms with Gasteiger partial charge in [0.15, 0.2) is 0 Å². The molecule has 0 spiro atoms. The second-order valence-electron chi connectivity index (χ2n) is 5.02. The van der Waals surface area contributed by atoms with Crippen molar-refractivity contribution >= 4 is 22.0 Å². The zero-order valence-corrected chi connectivity index (χ0v) is 12.4. The van der Waals surface area contributed by atoms with Gasteiger partial charge in [0.25, 0.3) is 0 Å². The monoisotopic (exact) mass is 327 g/mol. The highest BCUT2D eigenvalue weighted by Gasteiger charge is 2.27. The van der Waals surface area contributed by atoms with Crippen LogP contribution in [0.25, 0.3) is 0 Å². The molecule has 2 saturated heterocycles. The molecular formula is C13H18BrN3O2. The van der Waals surface area contributed by atoms with Gasteiger partial charge in [0, 0.05) is 26.2 Å². The third-order valence-electron chi connectivity index (χ3n) is 3.78. The SMILES string of the molecule is N#CC(Br)=C1CCN(C(=O)N2CCC(O)CC2)CC1. The van der Waals surface area contributed by atoms with Gasteiger partial charge in [-0.1, -0.05) is 0 Å². The molecule has 0 aliphatic carbocycles. The summed E-state index contributed by atoms with van der Waals surface area (Å²) in [7, 11) is 0. The number of nitrogens with zero attached hydrogens (tertiary/aromatic N) is 3. The maximum Gasteiger partial charge on any atom is 0.320 e. The number of carbonyl (C=O) groups excluding carboxylic acids is 1. The molecule has 19 heavy (non-hydrogen) atoms. The second kappa shape index (κ2) is 6.40. The van der Waals surface area contributed by atoms with Crippen LogP contribution in [0.4, 0.5) is 4.79 Å². The fourth-order valence-corrected chi connectivity index (χ4v) is 2.92. The second-order valence-corrected chi connectivity index (χ2v) is 5.81. The van der Waals surface area contributed by atoms with E-state index in [2.05, 4.69) is 22.0 Å². The molecule has 0 unspecified atom stereocenters. The summed E-state index contributed by atoms with van der Waals surface area (Å²) in [5, 5.41) is 18.3. The Bertz CT molecular complexity index is 412. The molecule has 0 aromatic rings. The molecule has 0 saturated carbocycles. The van der Waals surface area contributed by atoms with E-state index in [1.165, 1.54) is 0 Å². The van der Waals surface area contributed by atoms with Crippen molar-refractivity contribution in [1.29, 1.82) is 5.26 Å². The van der Waals surface area contributed by atoms with Gasteiger partial charge >= 0.3 is 6.03 Å². The van der Waals surface area contributed by atoms with Crippen LogP contribution in [0.5, 0.6) is 0 Å². The summed E-state index contributed by atoms with van der Waals surface area (Å²) < 4.78 is 0.612. The Hall–Kier alpha value is -1.06. The standard InChI is InChI=1S/C13H18BrN3O2/c14-12(9-15)10-1-5-16(6-2-10)13(19)17-7-3-11(18)4-8-17/h11,18H,1-8H2. The quantitative estimate of drug-likeness (QED) is 0.690. The van der Waals surface area contributed by atoms with Crippen LogP contribution in [0.1, 0.15) is 25.7 Å². The smallest absolute Gasteiger partial charge is 0.320 e. The minimum absolute atomic E-state index is 0.0685. The van der Waals surface area contributed by atoms with E-state index in [0.29, 0.717) is 43.5 Å². The first-order chi connectivity index (χ1) is 9.11. The minimum atomic E-state index is -0.258. The lowest BCUT2D eigenvalue weighted by Crippen LogP contribution is -2.49. The highest BCUT2D eigenvalue weighted by molar-refractivity contribution is 9.12. The maximum absolute atomic E-state index is 12.3. The molecule has 2 amide bonds. The van der Waals surface area contributed by atoms with Gasteiger partial charge in [0.1, 0.15) is 6.07 Å². The molecule has 2 rings (SSSR count). The maximum atomic E-state index is 12.3. The van der Waals surface area contributed by atoms with E-state index in [1.807, 2.05) is 9.80 Å². The molecule has 6 heteroatoms. The van der Waals surface area contributed by atoms with E-state index >= 15 is 0 Å². The summed E-state index contributed by atoms with van der Waals surface area (Å²) in [5.74, 6) is 0. The number of halogens is 1. The molecule has 1 N–H and O–H groups in total. The fraction of sp³-hybridized carbons (Fsp3) is 0.692. The van der Waals surface area contributed by atoms with Crippen LogP contribution in [0, 0.1) is 11.3 Å². The number of aliphatic hydroxyl groups is 1. The Kier molecular flexibility index (Phi) is 4.83. The number of likely N-dealkylation sites (tertiary alicyclic amines) is 2. The van der Waals surface area contributed by atoms with E-state index in [0.717, 1.165) is 18.4 Å². The number of hydrogen-bond acceptors (Lipinski definition) is 3. The molecule has 5 nitrogen and oxygen atoms in total. The predicted octanol–water partition coefficient (Wildman–Crippen LogP) is 1.83. The van der Waals surface area contributed by atoms with Crippen molar-refractivity contribution < 1.29 is 9.90 Å². The Morgan fingerprint density at radius 1 is 1.21 bits per heavy atom.